The summed E-state index contributed by atoms with van der Waals surface area (Å²) in [6.45, 7) is 7.10. The van der Waals surface area contributed by atoms with E-state index >= 15 is 0 Å². The molecule has 0 heterocycles. The fourth-order valence-electron chi connectivity index (χ4n) is 3.54. The van der Waals surface area contributed by atoms with Gasteiger partial charge < -0.3 is 10.2 Å². The van der Waals surface area contributed by atoms with Crippen molar-refractivity contribution in [2.24, 2.45) is 11.8 Å². The van der Waals surface area contributed by atoms with E-state index in [9.17, 15) is 0 Å². The number of hydrogen-bond donors (Lipinski definition) is 1. The quantitative estimate of drug-likeness (QED) is 0.780. The monoisotopic (exact) mass is 254 g/mol. The minimum absolute atomic E-state index is 0.380. The van der Waals surface area contributed by atoms with Gasteiger partial charge in [0, 0.05) is 11.6 Å². The van der Waals surface area contributed by atoms with Crippen LogP contribution >= 0.6 is 0 Å². The van der Waals surface area contributed by atoms with Crippen molar-refractivity contribution in [2.75, 3.05) is 21.1 Å². The summed E-state index contributed by atoms with van der Waals surface area (Å²) in [6.07, 6.45) is 8.07. The van der Waals surface area contributed by atoms with Gasteiger partial charge in [-0.05, 0) is 65.1 Å². The summed E-state index contributed by atoms with van der Waals surface area (Å²) in [5, 5.41) is 3.63. The van der Waals surface area contributed by atoms with Gasteiger partial charge in [-0.3, -0.25) is 0 Å². The highest BCUT2D eigenvalue weighted by Gasteiger charge is 2.42. The minimum atomic E-state index is 0.380. The van der Waals surface area contributed by atoms with Crippen molar-refractivity contribution in [3.8, 4) is 0 Å². The fourth-order valence-corrected chi connectivity index (χ4v) is 3.54. The fraction of sp³-hybridized carbons (Fsp3) is 1.00. The molecule has 1 aliphatic carbocycles. The van der Waals surface area contributed by atoms with Crippen LogP contribution in [0.1, 0.15) is 59.3 Å². The minimum Gasteiger partial charge on any atom is -0.315 e. The first-order valence-electron chi connectivity index (χ1n) is 7.81. The van der Waals surface area contributed by atoms with Gasteiger partial charge in [0.05, 0.1) is 0 Å². The Hall–Kier alpha value is -0.0800. The third kappa shape index (κ3) is 3.48. The van der Waals surface area contributed by atoms with E-state index in [1.54, 1.807) is 0 Å². The highest BCUT2D eigenvalue weighted by atomic mass is 15.2. The summed E-state index contributed by atoms with van der Waals surface area (Å²) in [5.41, 5.74) is 0.380. The number of likely N-dealkylation sites (N-methyl/N-ethyl adjacent to an activating group) is 2. The molecule has 0 radical (unpaired) electrons. The van der Waals surface area contributed by atoms with E-state index in [1.165, 1.54) is 38.5 Å². The average Bonchev–Trinajstić information content (AvgIpc) is 2.36. The van der Waals surface area contributed by atoms with E-state index in [1.807, 2.05) is 0 Å². The van der Waals surface area contributed by atoms with E-state index in [4.69, 9.17) is 0 Å². The topological polar surface area (TPSA) is 15.3 Å². The molecule has 1 fully saturated rings. The Labute approximate surface area is 115 Å². The molecule has 2 heteroatoms. The Morgan fingerprint density at radius 1 is 1.28 bits per heavy atom. The maximum atomic E-state index is 3.63. The molecule has 108 valence electrons. The Morgan fingerprint density at radius 3 is 2.22 bits per heavy atom. The lowest BCUT2D eigenvalue weighted by atomic mass is 9.70. The van der Waals surface area contributed by atoms with E-state index in [-0.39, 0.29) is 0 Å². The first-order chi connectivity index (χ1) is 8.46. The zero-order valence-electron chi connectivity index (χ0n) is 13.4. The first-order valence-corrected chi connectivity index (χ1v) is 7.81. The number of nitrogens with zero attached hydrogens (tertiary/aromatic N) is 1. The molecule has 2 unspecified atom stereocenters. The van der Waals surface area contributed by atoms with Crippen LogP contribution in [0.5, 0.6) is 0 Å². The second-order valence-electron chi connectivity index (χ2n) is 6.77. The van der Waals surface area contributed by atoms with E-state index in [0.29, 0.717) is 11.6 Å². The van der Waals surface area contributed by atoms with Gasteiger partial charge in [0.2, 0.25) is 0 Å². The van der Waals surface area contributed by atoms with Crippen molar-refractivity contribution in [3.05, 3.63) is 0 Å². The van der Waals surface area contributed by atoms with Crippen molar-refractivity contribution >= 4 is 0 Å². The third-order valence-corrected chi connectivity index (χ3v) is 5.36. The van der Waals surface area contributed by atoms with Crippen LogP contribution < -0.4 is 5.32 Å². The van der Waals surface area contributed by atoms with Crippen LogP contribution in [0.25, 0.3) is 0 Å². The van der Waals surface area contributed by atoms with Gasteiger partial charge in [-0.15, -0.1) is 0 Å². The molecule has 1 rings (SSSR count). The van der Waals surface area contributed by atoms with Crippen LogP contribution in [0.3, 0.4) is 0 Å². The molecular formula is C16H34N2. The summed E-state index contributed by atoms with van der Waals surface area (Å²) in [7, 11) is 6.70. The molecule has 1 aliphatic rings. The lowest BCUT2D eigenvalue weighted by molar-refractivity contribution is 0.0377. The van der Waals surface area contributed by atoms with E-state index < -0.39 is 0 Å². The Bertz CT molecular complexity index is 229. The maximum absolute atomic E-state index is 3.63. The second kappa shape index (κ2) is 6.91. The molecule has 2 nitrogen and oxygen atoms in total. The van der Waals surface area contributed by atoms with Gasteiger partial charge in [0.15, 0.2) is 0 Å². The molecule has 1 saturated carbocycles. The maximum Gasteiger partial charge on any atom is 0.0356 e. The highest BCUT2D eigenvalue weighted by Crippen LogP contribution is 2.39. The molecule has 0 aromatic carbocycles. The largest absolute Gasteiger partial charge is 0.315 e. The number of rotatable bonds is 6. The molecule has 0 bridgehead atoms. The summed E-state index contributed by atoms with van der Waals surface area (Å²) < 4.78 is 0. The molecule has 2 atom stereocenters. The average molecular weight is 254 g/mol. The third-order valence-electron chi connectivity index (χ3n) is 5.36. The Morgan fingerprint density at radius 2 is 1.83 bits per heavy atom. The molecule has 18 heavy (non-hydrogen) atoms. The second-order valence-corrected chi connectivity index (χ2v) is 6.77. The van der Waals surface area contributed by atoms with Crippen LogP contribution in [0.4, 0.5) is 0 Å². The SMILES string of the molecule is CCC(C)CC(NC)C1(N(C)C)CCC(C)CC1. The molecular weight excluding hydrogens is 220 g/mol. The van der Waals surface area contributed by atoms with Gasteiger partial charge in [0.25, 0.3) is 0 Å². The molecule has 0 saturated heterocycles. The van der Waals surface area contributed by atoms with Gasteiger partial charge in [0.1, 0.15) is 0 Å². The predicted molar refractivity (Wildman–Crippen MR) is 81.0 cm³/mol. The van der Waals surface area contributed by atoms with E-state index in [0.717, 1.165) is 11.8 Å². The summed E-state index contributed by atoms with van der Waals surface area (Å²) in [5.74, 6) is 1.73. The van der Waals surface area contributed by atoms with Crippen molar-refractivity contribution in [3.63, 3.8) is 0 Å². The summed E-state index contributed by atoms with van der Waals surface area (Å²) in [6, 6.07) is 0.634. The number of nitrogens with one attached hydrogen (secondary N) is 1. The van der Waals surface area contributed by atoms with Crippen molar-refractivity contribution in [1.82, 2.24) is 10.2 Å². The van der Waals surface area contributed by atoms with Crippen LogP contribution in [-0.4, -0.2) is 37.6 Å². The van der Waals surface area contributed by atoms with E-state index in [2.05, 4.69) is 52.1 Å². The number of hydrogen-bond acceptors (Lipinski definition) is 2. The normalized spacial score (nSPS) is 32.5. The standard InChI is InChI=1S/C16H34N2/c1-7-13(2)12-15(17-4)16(18(5)6)10-8-14(3)9-11-16/h13-15,17H,7-12H2,1-6H3. The van der Waals surface area contributed by atoms with Gasteiger partial charge >= 0.3 is 0 Å². The molecule has 0 aromatic heterocycles. The summed E-state index contributed by atoms with van der Waals surface area (Å²) >= 11 is 0. The molecule has 0 amide bonds. The van der Waals surface area contributed by atoms with Gasteiger partial charge in [-0.1, -0.05) is 27.2 Å². The van der Waals surface area contributed by atoms with Crippen LogP contribution in [0, 0.1) is 11.8 Å². The van der Waals surface area contributed by atoms with Crippen molar-refractivity contribution < 1.29 is 0 Å². The predicted octanol–water partition coefficient (Wildman–Crippen LogP) is 3.52. The molecule has 0 spiro atoms. The highest BCUT2D eigenvalue weighted by molar-refractivity contribution is 5.01. The lowest BCUT2D eigenvalue weighted by Crippen LogP contribution is -2.60. The molecule has 0 aromatic rings. The lowest BCUT2D eigenvalue weighted by Gasteiger charge is -2.50. The zero-order chi connectivity index (χ0) is 13.8. The van der Waals surface area contributed by atoms with Crippen LogP contribution in [0.2, 0.25) is 0 Å². The van der Waals surface area contributed by atoms with Gasteiger partial charge in [-0.2, -0.15) is 0 Å². The van der Waals surface area contributed by atoms with Crippen LogP contribution in [0.15, 0.2) is 0 Å². The molecule has 0 aliphatic heterocycles. The van der Waals surface area contributed by atoms with Crippen molar-refractivity contribution in [2.45, 2.75) is 70.9 Å². The Balaban J connectivity index is 2.81. The van der Waals surface area contributed by atoms with Crippen LogP contribution in [-0.2, 0) is 0 Å². The smallest absolute Gasteiger partial charge is 0.0356 e. The van der Waals surface area contributed by atoms with Gasteiger partial charge in [-0.25, -0.2) is 0 Å². The summed E-state index contributed by atoms with van der Waals surface area (Å²) in [4.78, 5) is 2.50. The zero-order valence-corrected chi connectivity index (χ0v) is 13.4. The van der Waals surface area contributed by atoms with Crippen molar-refractivity contribution in [1.29, 1.82) is 0 Å². The first kappa shape index (κ1) is 16.0. The molecule has 1 N–H and O–H groups in total. The Kier molecular flexibility index (Phi) is 6.13.